The topological polar surface area (TPSA) is 70.5 Å². The Labute approximate surface area is 173 Å². The second-order valence-electron chi connectivity index (χ2n) is 7.07. The smallest absolute Gasteiger partial charge is 0.321 e. The third kappa shape index (κ3) is 4.48. The first-order chi connectivity index (χ1) is 14.6. The van der Waals surface area contributed by atoms with Gasteiger partial charge in [-0.1, -0.05) is 0 Å². The van der Waals surface area contributed by atoms with E-state index in [-0.39, 0.29) is 17.8 Å². The number of halogens is 1. The van der Waals surface area contributed by atoms with Crippen LogP contribution in [0.3, 0.4) is 0 Å². The number of nitrogens with one attached hydrogen (secondary N) is 1. The molecule has 0 spiro atoms. The van der Waals surface area contributed by atoms with Crippen molar-refractivity contribution in [1.29, 1.82) is 0 Å². The average molecular weight is 407 g/mol. The van der Waals surface area contributed by atoms with Gasteiger partial charge in [-0.2, -0.15) is 5.10 Å². The van der Waals surface area contributed by atoms with Crippen molar-refractivity contribution in [3.8, 4) is 5.69 Å². The summed E-state index contributed by atoms with van der Waals surface area (Å²) in [7, 11) is 0. The molecule has 30 heavy (non-hydrogen) atoms. The van der Waals surface area contributed by atoms with Gasteiger partial charge < -0.3 is 15.1 Å². The van der Waals surface area contributed by atoms with Crippen LogP contribution in [0.4, 0.5) is 14.9 Å². The first-order valence-corrected chi connectivity index (χ1v) is 9.81. The zero-order valence-electron chi connectivity index (χ0n) is 16.4. The maximum absolute atomic E-state index is 13.1. The molecule has 1 aliphatic heterocycles. The summed E-state index contributed by atoms with van der Waals surface area (Å²) in [5, 5.41) is 7.08. The van der Waals surface area contributed by atoms with Crippen LogP contribution in [0.1, 0.15) is 16.8 Å². The number of aromatic nitrogens is 2. The van der Waals surface area contributed by atoms with Crippen LogP contribution in [-0.4, -0.2) is 57.7 Å². The molecule has 154 valence electrons. The molecule has 3 aromatic rings. The van der Waals surface area contributed by atoms with Crippen LogP contribution in [0.25, 0.3) is 5.69 Å². The van der Waals surface area contributed by atoms with Gasteiger partial charge in [-0.3, -0.25) is 4.79 Å². The molecule has 8 heteroatoms. The molecule has 1 fully saturated rings. The summed E-state index contributed by atoms with van der Waals surface area (Å²) in [6.45, 7) is 1.98. The first kappa shape index (κ1) is 19.6. The van der Waals surface area contributed by atoms with Gasteiger partial charge in [0.1, 0.15) is 5.82 Å². The SMILES string of the molecule is O=C(Nc1ccc(-n2cccn2)cc1)N1CCCN(C(=O)c2ccc(F)cc2)CC1. The predicted octanol–water partition coefficient (Wildman–Crippen LogP) is 3.39. The fourth-order valence-corrected chi connectivity index (χ4v) is 3.42. The molecule has 7 nitrogen and oxygen atoms in total. The summed E-state index contributed by atoms with van der Waals surface area (Å²) in [6.07, 6.45) is 4.24. The maximum Gasteiger partial charge on any atom is 0.321 e. The van der Waals surface area contributed by atoms with Crippen LogP contribution in [0, 0.1) is 5.82 Å². The van der Waals surface area contributed by atoms with Crippen molar-refractivity contribution in [2.24, 2.45) is 0 Å². The molecule has 1 aliphatic rings. The highest BCUT2D eigenvalue weighted by atomic mass is 19.1. The van der Waals surface area contributed by atoms with Gasteiger partial charge in [0.2, 0.25) is 0 Å². The van der Waals surface area contributed by atoms with Crippen LogP contribution in [0.2, 0.25) is 0 Å². The Morgan fingerprint density at radius 1 is 0.900 bits per heavy atom. The maximum atomic E-state index is 13.1. The first-order valence-electron chi connectivity index (χ1n) is 9.81. The Morgan fingerprint density at radius 3 is 2.30 bits per heavy atom. The van der Waals surface area contributed by atoms with Gasteiger partial charge in [0.15, 0.2) is 0 Å². The normalized spacial score (nSPS) is 14.3. The van der Waals surface area contributed by atoms with E-state index >= 15 is 0 Å². The number of anilines is 1. The van der Waals surface area contributed by atoms with Gasteiger partial charge in [-0.15, -0.1) is 0 Å². The number of nitrogens with zero attached hydrogens (tertiary/aromatic N) is 4. The van der Waals surface area contributed by atoms with Crippen molar-refractivity contribution in [2.75, 3.05) is 31.5 Å². The fraction of sp³-hybridized carbons (Fsp3) is 0.227. The molecule has 0 aliphatic carbocycles. The lowest BCUT2D eigenvalue weighted by Gasteiger charge is -2.22. The van der Waals surface area contributed by atoms with E-state index in [1.54, 1.807) is 20.7 Å². The molecule has 0 atom stereocenters. The monoisotopic (exact) mass is 407 g/mol. The lowest BCUT2D eigenvalue weighted by Crippen LogP contribution is -2.39. The molecule has 0 radical (unpaired) electrons. The molecular weight excluding hydrogens is 385 g/mol. The Kier molecular flexibility index (Phi) is 5.74. The number of carbonyl (C=O) groups is 2. The number of hydrogen-bond donors (Lipinski definition) is 1. The van der Waals surface area contributed by atoms with E-state index in [2.05, 4.69) is 10.4 Å². The number of carbonyl (C=O) groups excluding carboxylic acids is 2. The zero-order valence-corrected chi connectivity index (χ0v) is 16.4. The van der Waals surface area contributed by atoms with E-state index < -0.39 is 0 Å². The van der Waals surface area contributed by atoms with Crippen LogP contribution in [0.15, 0.2) is 67.0 Å². The van der Waals surface area contributed by atoms with E-state index in [9.17, 15) is 14.0 Å². The van der Waals surface area contributed by atoms with Crippen LogP contribution >= 0.6 is 0 Å². The molecule has 4 rings (SSSR count). The number of amides is 3. The molecular formula is C22H22FN5O2. The summed E-state index contributed by atoms with van der Waals surface area (Å²) in [4.78, 5) is 28.7. The zero-order chi connectivity index (χ0) is 20.9. The van der Waals surface area contributed by atoms with Gasteiger partial charge in [0, 0.05) is 49.8 Å². The fourth-order valence-electron chi connectivity index (χ4n) is 3.42. The molecule has 0 unspecified atom stereocenters. The standard InChI is InChI=1S/C22H22FN5O2/c23-18-5-3-17(4-6-18)21(29)26-12-2-13-27(16-15-26)22(30)25-19-7-9-20(10-8-19)28-14-1-11-24-28/h1,3-11,14H,2,12-13,15-16H2,(H,25,30). The van der Waals surface area contributed by atoms with Crippen molar-refractivity contribution in [3.05, 3.63) is 78.4 Å². The van der Waals surface area contributed by atoms with E-state index in [0.717, 1.165) is 5.69 Å². The summed E-state index contributed by atoms with van der Waals surface area (Å²) in [6, 6.07) is 14.6. The molecule has 1 N–H and O–H groups in total. The van der Waals surface area contributed by atoms with Crippen LogP contribution < -0.4 is 5.32 Å². The quantitative estimate of drug-likeness (QED) is 0.724. The Balaban J connectivity index is 1.34. The molecule has 0 saturated carbocycles. The second kappa shape index (κ2) is 8.77. The van der Waals surface area contributed by atoms with E-state index in [0.29, 0.717) is 43.9 Å². The average Bonchev–Trinajstić information content (AvgIpc) is 3.18. The lowest BCUT2D eigenvalue weighted by atomic mass is 10.2. The summed E-state index contributed by atoms with van der Waals surface area (Å²) < 4.78 is 14.8. The largest absolute Gasteiger partial charge is 0.337 e. The van der Waals surface area contributed by atoms with Gasteiger partial charge in [0.05, 0.1) is 5.69 Å². The molecule has 0 bridgehead atoms. The van der Waals surface area contributed by atoms with Crippen LogP contribution in [-0.2, 0) is 0 Å². The molecule has 1 saturated heterocycles. The molecule has 2 aromatic carbocycles. The minimum Gasteiger partial charge on any atom is -0.337 e. The summed E-state index contributed by atoms with van der Waals surface area (Å²) in [5.41, 5.74) is 2.05. The Bertz CT molecular complexity index is 1000. The number of hydrogen-bond acceptors (Lipinski definition) is 3. The predicted molar refractivity (Wildman–Crippen MR) is 111 cm³/mol. The number of urea groups is 1. The molecule has 2 heterocycles. The van der Waals surface area contributed by atoms with E-state index in [1.165, 1.54) is 24.3 Å². The highest BCUT2D eigenvalue weighted by Crippen LogP contribution is 2.15. The van der Waals surface area contributed by atoms with Gasteiger partial charge in [-0.05, 0) is 61.0 Å². The third-order valence-corrected chi connectivity index (χ3v) is 5.05. The Hall–Kier alpha value is -3.68. The highest BCUT2D eigenvalue weighted by molar-refractivity contribution is 5.94. The minimum absolute atomic E-state index is 0.147. The number of rotatable bonds is 3. The van der Waals surface area contributed by atoms with Crippen molar-refractivity contribution < 1.29 is 14.0 Å². The summed E-state index contributed by atoms with van der Waals surface area (Å²) in [5.74, 6) is -0.519. The van der Waals surface area contributed by atoms with Gasteiger partial charge in [-0.25, -0.2) is 13.9 Å². The van der Waals surface area contributed by atoms with Crippen LogP contribution in [0.5, 0.6) is 0 Å². The highest BCUT2D eigenvalue weighted by Gasteiger charge is 2.23. The van der Waals surface area contributed by atoms with Crippen molar-refractivity contribution in [3.63, 3.8) is 0 Å². The van der Waals surface area contributed by atoms with E-state index in [4.69, 9.17) is 0 Å². The van der Waals surface area contributed by atoms with Crippen molar-refractivity contribution in [1.82, 2.24) is 19.6 Å². The van der Waals surface area contributed by atoms with Crippen molar-refractivity contribution >= 4 is 17.6 Å². The summed E-state index contributed by atoms with van der Waals surface area (Å²) >= 11 is 0. The minimum atomic E-state index is -0.372. The van der Waals surface area contributed by atoms with Gasteiger partial charge in [0.25, 0.3) is 5.91 Å². The van der Waals surface area contributed by atoms with Gasteiger partial charge >= 0.3 is 6.03 Å². The Morgan fingerprint density at radius 2 is 1.60 bits per heavy atom. The number of benzene rings is 2. The molecule has 1 aromatic heterocycles. The molecule has 3 amide bonds. The second-order valence-corrected chi connectivity index (χ2v) is 7.07. The van der Waals surface area contributed by atoms with Crippen molar-refractivity contribution in [2.45, 2.75) is 6.42 Å². The third-order valence-electron chi connectivity index (χ3n) is 5.05. The van der Waals surface area contributed by atoms with E-state index in [1.807, 2.05) is 36.5 Å². The lowest BCUT2D eigenvalue weighted by molar-refractivity contribution is 0.0762.